The molecule has 0 aliphatic heterocycles. The molecule has 0 saturated heterocycles. The number of nitrogens with zero attached hydrogens (tertiary/aromatic N) is 2. The van der Waals surface area contributed by atoms with E-state index < -0.39 is 0 Å². The summed E-state index contributed by atoms with van der Waals surface area (Å²) < 4.78 is 2.82. The van der Waals surface area contributed by atoms with Crippen LogP contribution < -0.4 is 16.6 Å². The van der Waals surface area contributed by atoms with Gasteiger partial charge in [0.1, 0.15) is 0 Å². The van der Waals surface area contributed by atoms with E-state index in [0.29, 0.717) is 17.4 Å². The number of likely N-dealkylation sites (N-methyl/N-ethyl adjacent to an activating group) is 1. The predicted molar refractivity (Wildman–Crippen MR) is 76.7 cm³/mol. The molecular weight excluding hydrogens is 242 g/mol. The number of hydrogen-bond acceptors (Lipinski definition) is 3. The van der Waals surface area contributed by atoms with Crippen LogP contribution in [-0.2, 0) is 13.6 Å². The maximum atomic E-state index is 12.4. The second-order valence-electron chi connectivity index (χ2n) is 4.97. The Morgan fingerprint density at radius 3 is 2.63 bits per heavy atom. The van der Waals surface area contributed by atoms with Crippen molar-refractivity contribution in [3.05, 3.63) is 44.6 Å². The van der Waals surface area contributed by atoms with Crippen molar-refractivity contribution in [1.29, 1.82) is 0 Å². The number of fused-ring (bicyclic) bond motifs is 1. The molecular formula is C14H19N3O2. The van der Waals surface area contributed by atoms with Crippen molar-refractivity contribution in [2.24, 2.45) is 7.05 Å². The minimum atomic E-state index is -0.275. The first kappa shape index (κ1) is 13.5. The molecule has 1 atom stereocenters. The van der Waals surface area contributed by atoms with Gasteiger partial charge in [0.15, 0.2) is 0 Å². The molecule has 1 aromatic heterocycles. The molecule has 1 aromatic carbocycles. The number of hydrogen-bond donors (Lipinski definition) is 1. The third-order valence-corrected chi connectivity index (χ3v) is 3.46. The fourth-order valence-electron chi connectivity index (χ4n) is 2.16. The summed E-state index contributed by atoms with van der Waals surface area (Å²) >= 11 is 0. The molecule has 0 spiro atoms. The van der Waals surface area contributed by atoms with Crippen LogP contribution in [0.1, 0.15) is 12.5 Å². The van der Waals surface area contributed by atoms with Crippen LogP contribution in [0.25, 0.3) is 10.9 Å². The molecule has 0 radical (unpaired) electrons. The summed E-state index contributed by atoms with van der Waals surface area (Å²) in [7, 11) is 3.51. The molecule has 1 heterocycles. The van der Waals surface area contributed by atoms with Crippen molar-refractivity contribution >= 4 is 10.9 Å². The molecule has 19 heavy (non-hydrogen) atoms. The first-order valence-corrected chi connectivity index (χ1v) is 6.33. The van der Waals surface area contributed by atoms with E-state index in [9.17, 15) is 9.59 Å². The van der Waals surface area contributed by atoms with Gasteiger partial charge in [0.25, 0.3) is 5.56 Å². The smallest absolute Gasteiger partial charge is 0.315 e. The second-order valence-corrected chi connectivity index (χ2v) is 4.97. The summed E-state index contributed by atoms with van der Waals surface area (Å²) in [5.74, 6) is 0. The van der Waals surface area contributed by atoms with E-state index in [2.05, 4.69) is 5.32 Å². The van der Waals surface area contributed by atoms with Gasteiger partial charge in [-0.15, -0.1) is 0 Å². The largest absolute Gasteiger partial charge is 0.331 e. The van der Waals surface area contributed by atoms with Gasteiger partial charge in [0.2, 0.25) is 0 Å². The molecule has 0 amide bonds. The minimum absolute atomic E-state index is 0.0626. The fourth-order valence-corrected chi connectivity index (χ4v) is 2.16. The first-order valence-electron chi connectivity index (χ1n) is 6.33. The van der Waals surface area contributed by atoms with Crippen LogP contribution in [0.5, 0.6) is 0 Å². The van der Waals surface area contributed by atoms with Gasteiger partial charge < -0.3 is 5.32 Å². The Labute approximate surface area is 111 Å². The van der Waals surface area contributed by atoms with Gasteiger partial charge >= 0.3 is 5.69 Å². The summed E-state index contributed by atoms with van der Waals surface area (Å²) in [5.41, 5.74) is 1.19. The maximum absolute atomic E-state index is 12.4. The summed E-state index contributed by atoms with van der Waals surface area (Å²) in [5, 5.41) is 3.63. The normalized spacial score (nSPS) is 12.8. The van der Waals surface area contributed by atoms with Crippen LogP contribution in [0.3, 0.4) is 0 Å². The van der Waals surface area contributed by atoms with Gasteiger partial charge in [-0.2, -0.15) is 0 Å². The number of nitrogens with one attached hydrogen (secondary N) is 1. The second kappa shape index (κ2) is 5.01. The van der Waals surface area contributed by atoms with Crippen molar-refractivity contribution in [2.75, 3.05) is 7.05 Å². The molecule has 1 N–H and O–H groups in total. The lowest BCUT2D eigenvalue weighted by molar-refractivity contribution is 0.483. The van der Waals surface area contributed by atoms with E-state index in [-0.39, 0.29) is 17.3 Å². The highest BCUT2D eigenvalue weighted by molar-refractivity contribution is 5.78. The van der Waals surface area contributed by atoms with Gasteiger partial charge in [-0.1, -0.05) is 11.6 Å². The molecule has 0 bridgehead atoms. The monoisotopic (exact) mass is 261 g/mol. The van der Waals surface area contributed by atoms with Gasteiger partial charge in [0.05, 0.1) is 10.9 Å². The van der Waals surface area contributed by atoms with Crippen LogP contribution in [0, 0.1) is 6.92 Å². The number of rotatable bonds is 3. The number of aryl methyl sites for hydroxylation is 2. The predicted octanol–water partition coefficient (Wildman–Crippen LogP) is 0.617. The zero-order valence-corrected chi connectivity index (χ0v) is 11.7. The molecule has 2 rings (SSSR count). The number of aromatic nitrogens is 2. The Hall–Kier alpha value is -1.88. The zero-order valence-electron chi connectivity index (χ0n) is 11.7. The van der Waals surface area contributed by atoms with Gasteiger partial charge in [0, 0.05) is 19.6 Å². The highest BCUT2D eigenvalue weighted by atomic mass is 16.2. The zero-order chi connectivity index (χ0) is 14.2. The Kier molecular flexibility index (Phi) is 3.57. The molecule has 102 valence electrons. The summed E-state index contributed by atoms with van der Waals surface area (Å²) in [6.45, 7) is 4.24. The van der Waals surface area contributed by atoms with E-state index in [1.165, 1.54) is 9.13 Å². The molecule has 0 saturated carbocycles. The van der Waals surface area contributed by atoms with Crippen molar-refractivity contribution in [3.8, 4) is 0 Å². The van der Waals surface area contributed by atoms with Gasteiger partial charge in [-0.3, -0.25) is 13.9 Å². The van der Waals surface area contributed by atoms with E-state index in [0.717, 1.165) is 5.56 Å². The topological polar surface area (TPSA) is 56.0 Å². The van der Waals surface area contributed by atoms with Crippen LogP contribution >= 0.6 is 0 Å². The average Bonchev–Trinajstić information content (AvgIpc) is 2.40. The van der Waals surface area contributed by atoms with E-state index in [4.69, 9.17) is 0 Å². The molecule has 2 aromatic rings. The summed E-state index contributed by atoms with van der Waals surface area (Å²) in [4.78, 5) is 24.7. The van der Waals surface area contributed by atoms with Crippen LogP contribution in [0.4, 0.5) is 0 Å². The average molecular weight is 261 g/mol. The van der Waals surface area contributed by atoms with E-state index in [1.807, 2.05) is 39.1 Å². The Morgan fingerprint density at radius 1 is 1.32 bits per heavy atom. The molecule has 0 aliphatic carbocycles. The standard InChI is InChI=1S/C14H19N3O2/c1-9-5-6-12-11(7-9)13(18)17(8-10(2)15-3)14(19)16(12)4/h5-7,10,15H,8H2,1-4H3. The highest BCUT2D eigenvalue weighted by Gasteiger charge is 2.12. The van der Waals surface area contributed by atoms with Crippen molar-refractivity contribution in [2.45, 2.75) is 26.4 Å². The number of benzene rings is 1. The van der Waals surface area contributed by atoms with E-state index >= 15 is 0 Å². The van der Waals surface area contributed by atoms with Crippen LogP contribution in [0.15, 0.2) is 27.8 Å². The van der Waals surface area contributed by atoms with Crippen molar-refractivity contribution in [1.82, 2.24) is 14.5 Å². The Balaban J connectivity index is 2.79. The quantitative estimate of drug-likeness (QED) is 0.881. The molecule has 5 nitrogen and oxygen atoms in total. The van der Waals surface area contributed by atoms with Crippen molar-refractivity contribution in [3.63, 3.8) is 0 Å². The molecule has 0 aliphatic rings. The van der Waals surface area contributed by atoms with Crippen LogP contribution in [0.2, 0.25) is 0 Å². The summed E-state index contributed by atoms with van der Waals surface area (Å²) in [6.07, 6.45) is 0. The Morgan fingerprint density at radius 2 is 2.00 bits per heavy atom. The third kappa shape index (κ3) is 2.33. The minimum Gasteiger partial charge on any atom is -0.315 e. The lowest BCUT2D eigenvalue weighted by Crippen LogP contribution is -2.43. The summed E-state index contributed by atoms with van der Waals surface area (Å²) in [6, 6.07) is 5.62. The lowest BCUT2D eigenvalue weighted by Gasteiger charge is -2.14. The lowest BCUT2D eigenvalue weighted by atomic mass is 10.1. The maximum Gasteiger partial charge on any atom is 0.331 e. The van der Waals surface area contributed by atoms with Gasteiger partial charge in [-0.05, 0) is 33.0 Å². The third-order valence-electron chi connectivity index (χ3n) is 3.46. The molecule has 1 unspecified atom stereocenters. The highest BCUT2D eigenvalue weighted by Crippen LogP contribution is 2.09. The fraction of sp³-hybridized carbons (Fsp3) is 0.429. The SMILES string of the molecule is CNC(C)Cn1c(=O)c2cc(C)ccc2n(C)c1=O. The van der Waals surface area contributed by atoms with Gasteiger partial charge in [-0.25, -0.2) is 4.79 Å². The van der Waals surface area contributed by atoms with Crippen LogP contribution in [-0.4, -0.2) is 22.2 Å². The van der Waals surface area contributed by atoms with Crippen molar-refractivity contribution < 1.29 is 0 Å². The molecule has 0 fully saturated rings. The molecule has 5 heteroatoms. The Bertz CT molecular complexity index is 728. The van der Waals surface area contributed by atoms with E-state index in [1.54, 1.807) is 7.05 Å². The first-order chi connectivity index (χ1) is 8.95.